The summed E-state index contributed by atoms with van der Waals surface area (Å²) in [5, 5.41) is 3.14. The van der Waals surface area contributed by atoms with Gasteiger partial charge in [-0.15, -0.1) is 0 Å². The van der Waals surface area contributed by atoms with Gasteiger partial charge in [0.15, 0.2) is 0 Å². The Morgan fingerprint density at radius 1 is 1.56 bits per heavy atom. The minimum Gasteiger partial charge on any atom is -0.459 e. The summed E-state index contributed by atoms with van der Waals surface area (Å²) in [4.78, 5) is 15.9. The van der Waals surface area contributed by atoms with Gasteiger partial charge < -0.3 is 14.6 Å². The summed E-state index contributed by atoms with van der Waals surface area (Å²) in [7, 11) is 1.96. The van der Waals surface area contributed by atoms with Gasteiger partial charge in [0.05, 0.1) is 0 Å². The molecule has 0 saturated heterocycles. The molecule has 0 bridgehead atoms. The van der Waals surface area contributed by atoms with E-state index in [-0.39, 0.29) is 12.0 Å². The SMILES string of the molecule is CC(NCCc1nccn1C)C(=O)OC(C)(C)C. The van der Waals surface area contributed by atoms with Gasteiger partial charge in [0.1, 0.15) is 17.5 Å². The molecule has 0 aliphatic rings. The first-order valence-electron chi connectivity index (χ1n) is 6.22. The average molecular weight is 253 g/mol. The third-order valence-electron chi connectivity index (χ3n) is 2.48. The van der Waals surface area contributed by atoms with Crippen LogP contribution in [0, 0.1) is 0 Å². The Bertz CT molecular complexity index is 393. The largest absolute Gasteiger partial charge is 0.459 e. The molecule has 1 atom stereocenters. The topological polar surface area (TPSA) is 56.2 Å². The molecule has 18 heavy (non-hydrogen) atoms. The van der Waals surface area contributed by atoms with Crippen molar-refractivity contribution in [1.29, 1.82) is 0 Å². The number of esters is 1. The molecule has 0 fully saturated rings. The zero-order chi connectivity index (χ0) is 13.8. The molecule has 1 heterocycles. The Balaban J connectivity index is 2.31. The number of carbonyl (C=O) groups excluding carboxylic acids is 1. The van der Waals surface area contributed by atoms with Crippen molar-refractivity contribution in [1.82, 2.24) is 14.9 Å². The Morgan fingerprint density at radius 3 is 2.72 bits per heavy atom. The zero-order valence-corrected chi connectivity index (χ0v) is 11.9. The second-order valence-electron chi connectivity index (χ2n) is 5.41. The molecule has 1 rings (SSSR count). The van der Waals surface area contributed by atoms with E-state index in [9.17, 15) is 4.79 Å². The maximum atomic E-state index is 11.7. The summed E-state index contributed by atoms with van der Waals surface area (Å²) in [6, 6.07) is -0.301. The van der Waals surface area contributed by atoms with Crippen LogP contribution in [0.1, 0.15) is 33.5 Å². The van der Waals surface area contributed by atoms with E-state index < -0.39 is 5.60 Å². The summed E-state index contributed by atoms with van der Waals surface area (Å²) in [6.45, 7) is 8.11. The summed E-state index contributed by atoms with van der Waals surface area (Å²) >= 11 is 0. The van der Waals surface area contributed by atoms with Crippen LogP contribution >= 0.6 is 0 Å². The van der Waals surface area contributed by atoms with Crippen molar-refractivity contribution in [3.63, 3.8) is 0 Å². The van der Waals surface area contributed by atoms with Crippen LogP contribution in [0.2, 0.25) is 0 Å². The second-order valence-corrected chi connectivity index (χ2v) is 5.41. The second kappa shape index (κ2) is 6.00. The average Bonchev–Trinajstić information content (AvgIpc) is 2.62. The number of carbonyl (C=O) groups is 1. The number of aromatic nitrogens is 2. The van der Waals surface area contributed by atoms with E-state index in [1.54, 1.807) is 6.20 Å². The van der Waals surface area contributed by atoms with E-state index in [2.05, 4.69) is 10.3 Å². The molecule has 102 valence electrons. The molecule has 0 radical (unpaired) electrons. The van der Waals surface area contributed by atoms with E-state index >= 15 is 0 Å². The molecule has 1 aromatic rings. The Hall–Kier alpha value is -1.36. The predicted molar refractivity (Wildman–Crippen MR) is 70.2 cm³/mol. The highest BCUT2D eigenvalue weighted by molar-refractivity contribution is 5.75. The number of hydrogen-bond acceptors (Lipinski definition) is 4. The number of rotatable bonds is 5. The molecule has 0 aromatic carbocycles. The normalized spacial score (nSPS) is 13.4. The van der Waals surface area contributed by atoms with E-state index in [0.717, 1.165) is 12.2 Å². The first kappa shape index (κ1) is 14.7. The lowest BCUT2D eigenvalue weighted by atomic mass is 10.2. The van der Waals surface area contributed by atoms with Gasteiger partial charge in [-0.3, -0.25) is 4.79 Å². The standard InChI is InChI=1S/C13H23N3O2/c1-10(12(17)18-13(2,3)4)14-7-6-11-15-8-9-16(11)5/h8-10,14H,6-7H2,1-5H3. The van der Waals surface area contributed by atoms with Crippen molar-refractivity contribution in [2.75, 3.05) is 6.54 Å². The summed E-state index contributed by atoms with van der Waals surface area (Å²) < 4.78 is 7.26. The number of aryl methyl sites for hydroxylation is 1. The lowest BCUT2D eigenvalue weighted by Gasteiger charge is -2.22. The zero-order valence-electron chi connectivity index (χ0n) is 11.9. The van der Waals surface area contributed by atoms with Crippen LogP contribution in [-0.2, 0) is 23.0 Å². The molecule has 0 spiro atoms. The van der Waals surface area contributed by atoms with Crippen LogP contribution in [0.4, 0.5) is 0 Å². The predicted octanol–water partition coefficient (Wildman–Crippen LogP) is 1.28. The lowest BCUT2D eigenvalue weighted by Crippen LogP contribution is -2.40. The van der Waals surface area contributed by atoms with Gasteiger partial charge in [0.2, 0.25) is 0 Å². The third kappa shape index (κ3) is 4.87. The molecule has 0 amide bonds. The fraction of sp³-hybridized carbons (Fsp3) is 0.692. The quantitative estimate of drug-likeness (QED) is 0.803. The minimum atomic E-state index is -0.438. The highest BCUT2D eigenvalue weighted by atomic mass is 16.6. The van der Waals surface area contributed by atoms with Crippen molar-refractivity contribution in [3.05, 3.63) is 18.2 Å². The first-order valence-corrected chi connectivity index (χ1v) is 6.22. The number of ether oxygens (including phenoxy) is 1. The van der Waals surface area contributed by atoms with E-state index in [0.29, 0.717) is 6.54 Å². The van der Waals surface area contributed by atoms with Crippen molar-refractivity contribution in [2.45, 2.75) is 45.8 Å². The van der Waals surface area contributed by atoms with Gasteiger partial charge in [0.25, 0.3) is 0 Å². The van der Waals surface area contributed by atoms with Crippen LogP contribution in [0.25, 0.3) is 0 Å². The highest BCUT2D eigenvalue weighted by Crippen LogP contribution is 2.08. The van der Waals surface area contributed by atoms with Crippen molar-refractivity contribution < 1.29 is 9.53 Å². The van der Waals surface area contributed by atoms with Crippen LogP contribution < -0.4 is 5.32 Å². The first-order chi connectivity index (χ1) is 8.29. The number of hydrogen-bond donors (Lipinski definition) is 1. The van der Waals surface area contributed by atoms with Gasteiger partial charge >= 0.3 is 5.97 Å². The summed E-state index contributed by atoms with van der Waals surface area (Å²) in [5.74, 6) is 0.779. The third-order valence-corrected chi connectivity index (χ3v) is 2.48. The molecule has 5 nitrogen and oxygen atoms in total. The van der Waals surface area contributed by atoms with E-state index in [4.69, 9.17) is 4.74 Å². The van der Waals surface area contributed by atoms with Gasteiger partial charge in [-0.2, -0.15) is 0 Å². The number of nitrogens with one attached hydrogen (secondary N) is 1. The number of imidazole rings is 1. The van der Waals surface area contributed by atoms with Crippen LogP contribution in [0.15, 0.2) is 12.4 Å². The number of nitrogens with zero attached hydrogens (tertiary/aromatic N) is 2. The Kier molecular flexibility index (Phi) is 4.90. The molecule has 1 unspecified atom stereocenters. The van der Waals surface area contributed by atoms with Gasteiger partial charge in [-0.25, -0.2) is 4.98 Å². The molecular weight excluding hydrogens is 230 g/mol. The van der Waals surface area contributed by atoms with Crippen molar-refractivity contribution >= 4 is 5.97 Å². The molecule has 5 heteroatoms. The summed E-state index contributed by atoms with van der Waals surface area (Å²) in [6.07, 6.45) is 4.47. The molecule has 1 N–H and O–H groups in total. The molecule has 1 aromatic heterocycles. The molecule has 0 aliphatic carbocycles. The molecule has 0 saturated carbocycles. The minimum absolute atomic E-state index is 0.220. The maximum absolute atomic E-state index is 11.7. The van der Waals surface area contributed by atoms with Crippen molar-refractivity contribution in [2.24, 2.45) is 7.05 Å². The van der Waals surface area contributed by atoms with Crippen LogP contribution in [0.3, 0.4) is 0 Å². The van der Waals surface area contributed by atoms with Crippen LogP contribution in [0.5, 0.6) is 0 Å². The Morgan fingerprint density at radius 2 is 2.22 bits per heavy atom. The summed E-state index contributed by atoms with van der Waals surface area (Å²) in [5.41, 5.74) is -0.438. The van der Waals surface area contributed by atoms with E-state index in [1.807, 2.05) is 45.5 Å². The molecule has 0 aliphatic heterocycles. The lowest BCUT2D eigenvalue weighted by molar-refractivity contribution is -0.156. The molecular formula is C13H23N3O2. The van der Waals surface area contributed by atoms with Crippen molar-refractivity contribution in [3.8, 4) is 0 Å². The van der Waals surface area contributed by atoms with Gasteiger partial charge in [-0.05, 0) is 27.7 Å². The van der Waals surface area contributed by atoms with Crippen LogP contribution in [-0.4, -0.2) is 33.7 Å². The van der Waals surface area contributed by atoms with Gasteiger partial charge in [-0.1, -0.05) is 0 Å². The monoisotopic (exact) mass is 253 g/mol. The Labute approximate surface area is 109 Å². The highest BCUT2D eigenvalue weighted by Gasteiger charge is 2.21. The fourth-order valence-electron chi connectivity index (χ4n) is 1.51. The maximum Gasteiger partial charge on any atom is 0.323 e. The smallest absolute Gasteiger partial charge is 0.323 e. The fourth-order valence-corrected chi connectivity index (χ4v) is 1.51. The van der Waals surface area contributed by atoms with Gasteiger partial charge in [0, 0.05) is 32.4 Å². The van der Waals surface area contributed by atoms with E-state index in [1.165, 1.54) is 0 Å².